The van der Waals surface area contributed by atoms with Crippen LogP contribution in [0, 0.1) is 0 Å². The molecule has 0 aromatic heterocycles. The standard InChI is InChI=1S/C11H21NSi.2ClH.Ti/c1-11(2,3)12-13(4,5)10-8-6-7-9-10;;;/h6-10,12H,1-5H3;2*1H;/q;;;+2/p-2. The minimum atomic E-state index is -1.33. The summed E-state index contributed by atoms with van der Waals surface area (Å²) < 4.78 is 0. The molecule has 0 fully saturated rings. The van der Waals surface area contributed by atoms with Gasteiger partial charge in [0.15, 0.2) is 0 Å². The topological polar surface area (TPSA) is 12.0 Å². The number of hydrogen-bond donors (Lipinski definition) is 1. The third kappa shape index (κ3) is 7.31. The zero-order valence-electron chi connectivity index (χ0n) is 10.6. The summed E-state index contributed by atoms with van der Waals surface area (Å²) in [6.07, 6.45) is 8.93. The Hall–Kier alpha value is 0.951. The third-order valence-electron chi connectivity index (χ3n) is 2.28. The summed E-state index contributed by atoms with van der Waals surface area (Å²) in [6.45, 7) is 11.5. The molecule has 1 N–H and O–H groups in total. The molecule has 0 atom stereocenters. The summed E-state index contributed by atoms with van der Waals surface area (Å²) in [5.41, 5.74) is 0.895. The van der Waals surface area contributed by atoms with Crippen LogP contribution in [-0.2, 0) is 21.7 Å². The number of halogens is 2. The van der Waals surface area contributed by atoms with E-state index in [1.165, 1.54) is 0 Å². The Morgan fingerprint density at radius 3 is 1.69 bits per heavy atom. The predicted octanol–water partition coefficient (Wildman–Crippen LogP) is -2.92. The van der Waals surface area contributed by atoms with Crippen molar-refractivity contribution in [2.24, 2.45) is 0 Å². The Labute approximate surface area is 128 Å². The van der Waals surface area contributed by atoms with Crippen LogP contribution in [0.4, 0.5) is 0 Å². The molecule has 0 unspecified atom stereocenters. The maximum atomic E-state index is 3.77. The fourth-order valence-electron chi connectivity index (χ4n) is 1.96. The van der Waals surface area contributed by atoms with E-state index in [1.807, 2.05) is 0 Å². The van der Waals surface area contributed by atoms with Gasteiger partial charge in [0.1, 0.15) is 8.24 Å². The zero-order chi connectivity index (χ0) is 10.1. The maximum absolute atomic E-state index is 3.77. The van der Waals surface area contributed by atoms with Crippen LogP contribution in [0.25, 0.3) is 0 Å². The molecule has 0 aromatic carbocycles. The van der Waals surface area contributed by atoms with E-state index in [-0.39, 0.29) is 52.1 Å². The van der Waals surface area contributed by atoms with Crippen LogP contribution < -0.4 is 29.8 Å². The molecule has 0 saturated carbocycles. The van der Waals surface area contributed by atoms with Gasteiger partial charge in [0, 0.05) is 11.1 Å². The molecule has 0 aromatic rings. The van der Waals surface area contributed by atoms with Crippen molar-refractivity contribution in [3.8, 4) is 0 Å². The Morgan fingerprint density at radius 1 is 1.00 bits per heavy atom. The van der Waals surface area contributed by atoms with Crippen LogP contribution in [0.2, 0.25) is 18.6 Å². The van der Waals surface area contributed by atoms with E-state index in [1.54, 1.807) is 0 Å². The third-order valence-corrected chi connectivity index (χ3v) is 5.72. The van der Waals surface area contributed by atoms with Crippen molar-refractivity contribution < 1.29 is 46.5 Å². The molecule has 0 saturated heterocycles. The molecule has 0 bridgehead atoms. The van der Waals surface area contributed by atoms with Crippen molar-refractivity contribution in [2.75, 3.05) is 0 Å². The average molecular weight is 314 g/mol. The van der Waals surface area contributed by atoms with Crippen LogP contribution >= 0.6 is 0 Å². The van der Waals surface area contributed by atoms with Gasteiger partial charge in [0.05, 0.1) is 0 Å². The summed E-state index contributed by atoms with van der Waals surface area (Å²) in [7, 11) is -1.33. The van der Waals surface area contributed by atoms with E-state index < -0.39 is 8.24 Å². The quantitative estimate of drug-likeness (QED) is 0.539. The molecule has 1 aliphatic rings. The smallest absolute Gasteiger partial charge is 1.00 e. The molecule has 5 heteroatoms. The van der Waals surface area contributed by atoms with Gasteiger partial charge in [-0.15, -0.1) is 0 Å². The number of allylic oxidation sites excluding steroid dienone is 4. The first-order valence-electron chi connectivity index (χ1n) is 4.96. The average Bonchev–Trinajstić information content (AvgIpc) is 2.29. The van der Waals surface area contributed by atoms with E-state index in [9.17, 15) is 0 Å². The normalized spacial score (nSPS) is 15.1. The first kappa shape index (κ1) is 22.2. The van der Waals surface area contributed by atoms with Crippen LogP contribution in [0.3, 0.4) is 0 Å². The van der Waals surface area contributed by atoms with Gasteiger partial charge in [-0.05, 0) is 20.8 Å². The molecule has 0 spiro atoms. The molecule has 0 radical (unpaired) electrons. The molecular formula is C11H21Cl2NSiTi. The van der Waals surface area contributed by atoms with Gasteiger partial charge in [-0.3, -0.25) is 0 Å². The van der Waals surface area contributed by atoms with Gasteiger partial charge < -0.3 is 29.8 Å². The van der Waals surface area contributed by atoms with E-state index in [2.05, 4.69) is 63.2 Å². The Morgan fingerprint density at radius 2 is 1.38 bits per heavy atom. The molecule has 92 valence electrons. The van der Waals surface area contributed by atoms with E-state index in [0.29, 0.717) is 5.54 Å². The number of hydrogen-bond acceptors (Lipinski definition) is 1. The molecule has 0 heterocycles. The summed E-state index contributed by atoms with van der Waals surface area (Å²) in [5.74, 6) is 0. The van der Waals surface area contributed by atoms with Crippen LogP contribution in [0.15, 0.2) is 24.3 Å². The summed E-state index contributed by atoms with van der Waals surface area (Å²) in [6, 6.07) is 0. The first-order valence-corrected chi connectivity index (χ1v) is 8.03. The van der Waals surface area contributed by atoms with Crippen molar-refractivity contribution in [1.29, 1.82) is 0 Å². The molecular weight excluding hydrogens is 293 g/mol. The van der Waals surface area contributed by atoms with E-state index >= 15 is 0 Å². The zero-order valence-corrected chi connectivity index (χ0v) is 14.7. The van der Waals surface area contributed by atoms with E-state index in [0.717, 1.165) is 0 Å². The maximum Gasteiger partial charge on any atom is 2.00 e. The minimum absolute atomic E-state index is 0. The van der Waals surface area contributed by atoms with Gasteiger partial charge in [0.25, 0.3) is 0 Å². The summed E-state index contributed by atoms with van der Waals surface area (Å²) in [5, 5.41) is 0. The number of rotatable bonds is 2. The monoisotopic (exact) mass is 313 g/mol. The Bertz CT molecular complexity index is 235. The second-order valence-electron chi connectivity index (χ2n) is 5.39. The van der Waals surface area contributed by atoms with E-state index in [4.69, 9.17) is 0 Å². The molecule has 1 rings (SSSR count). The summed E-state index contributed by atoms with van der Waals surface area (Å²) >= 11 is 0. The van der Waals surface area contributed by atoms with Gasteiger partial charge in [-0.25, -0.2) is 0 Å². The van der Waals surface area contributed by atoms with Crippen molar-refractivity contribution in [1.82, 2.24) is 4.98 Å². The second kappa shape index (κ2) is 8.12. The molecule has 0 aliphatic heterocycles. The van der Waals surface area contributed by atoms with Crippen molar-refractivity contribution in [2.45, 2.75) is 44.9 Å². The van der Waals surface area contributed by atoms with Crippen LogP contribution in [0.5, 0.6) is 0 Å². The van der Waals surface area contributed by atoms with Crippen LogP contribution in [-0.4, -0.2) is 13.8 Å². The SMILES string of the molecule is CC(C)(C)N[Si](C)(C)C1C=CC=C1.[Cl-].[Cl-].[Ti+2]. The van der Waals surface area contributed by atoms with Gasteiger partial charge in [-0.1, -0.05) is 37.4 Å². The van der Waals surface area contributed by atoms with Gasteiger partial charge >= 0.3 is 21.7 Å². The van der Waals surface area contributed by atoms with Gasteiger partial charge in [-0.2, -0.15) is 0 Å². The number of nitrogens with one attached hydrogen (secondary N) is 1. The predicted molar refractivity (Wildman–Crippen MR) is 62.4 cm³/mol. The second-order valence-corrected chi connectivity index (χ2v) is 9.75. The molecule has 1 nitrogen and oxygen atoms in total. The largest absolute Gasteiger partial charge is 2.00 e. The first-order chi connectivity index (χ1) is 5.81. The summed E-state index contributed by atoms with van der Waals surface area (Å²) in [4.78, 5) is 3.77. The van der Waals surface area contributed by atoms with Crippen molar-refractivity contribution >= 4 is 8.24 Å². The molecule has 1 aliphatic carbocycles. The van der Waals surface area contributed by atoms with Gasteiger partial charge in [0.2, 0.25) is 0 Å². The minimum Gasteiger partial charge on any atom is -1.00 e. The van der Waals surface area contributed by atoms with Crippen LogP contribution in [0.1, 0.15) is 20.8 Å². The Balaban J connectivity index is -0.000000563. The van der Waals surface area contributed by atoms with Crippen molar-refractivity contribution in [3.05, 3.63) is 24.3 Å². The molecule has 0 amide bonds. The fourth-order valence-corrected chi connectivity index (χ4v) is 5.25. The fraction of sp³-hybridized carbons (Fsp3) is 0.636. The Kier molecular flexibility index (Phi) is 11.3. The van der Waals surface area contributed by atoms with Crippen molar-refractivity contribution in [3.63, 3.8) is 0 Å². The molecule has 16 heavy (non-hydrogen) atoms.